The first-order valence-corrected chi connectivity index (χ1v) is 8.93. The largest absolute Gasteiger partial charge is 0.387 e. The normalized spacial score (nSPS) is 26.0. The van der Waals surface area contributed by atoms with Crippen molar-refractivity contribution in [2.24, 2.45) is 17.3 Å². The highest BCUT2D eigenvalue weighted by Gasteiger charge is 2.41. The van der Waals surface area contributed by atoms with Gasteiger partial charge in [0.1, 0.15) is 0 Å². The fourth-order valence-electron chi connectivity index (χ4n) is 4.14. The summed E-state index contributed by atoms with van der Waals surface area (Å²) in [6.07, 6.45) is 4.90. The summed E-state index contributed by atoms with van der Waals surface area (Å²) in [4.78, 5) is 12.7. The number of hydrogen-bond acceptors (Lipinski definition) is 2. The van der Waals surface area contributed by atoms with Gasteiger partial charge < -0.3 is 10.4 Å². The van der Waals surface area contributed by atoms with Crippen LogP contribution in [0.1, 0.15) is 64.5 Å². The summed E-state index contributed by atoms with van der Waals surface area (Å²) in [7, 11) is 0. The molecule has 1 aromatic rings. The third-order valence-electron chi connectivity index (χ3n) is 5.18. The molecule has 3 nitrogen and oxygen atoms in total. The Balaban J connectivity index is 1.95. The molecule has 3 heteroatoms. The molecule has 1 saturated carbocycles. The van der Waals surface area contributed by atoms with Gasteiger partial charge >= 0.3 is 0 Å². The molecule has 3 atom stereocenters. The van der Waals surface area contributed by atoms with Crippen LogP contribution in [0.4, 0.5) is 0 Å². The van der Waals surface area contributed by atoms with Crippen LogP contribution in [0, 0.1) is 17.3 Å². The molecule has 1 aliphatic carbocycles. The average molecular weight is 317 g/mol. The molecule has 128 valence electrons. The zero-order chi connectivity index (χ0) is 16.9. The van der Waals surface area contributed by atoms with Gasteiger partial charge in [0.2, 0.25) is 5.91 Å². The van der Waals surface area contributed by atoms with Crippen LogP contribution >= 0.6 is 0 Å². The Hall–Kier alpha value is -1.35. The van der Waals surface area contributed by atoms with E-state index in [-0.39, 0.29) is 23.8 Å². The molecule has 1 aromatic carbocycles. The second-order valence-corrected chi connectivity index (χ2v) is 7.72. The van der Waals surface area contributed by atoms with E-state index in [0.29, 0.717) is 5.92 Å². The van der Waals surface area contributed by atoms with Crippen LogP contribution in [0.25, 0.3) is 0 Å². The summed E-state index contributed by atoms with van der Waals surface area (Å²) < 4.78 is 0. The lowest BCUT2D eigenvalue weighted by Gasteiger charge is -2.42. The summed E-state index contributed by atoms with van der Waals surface area (Å²) in [5, 5.41) is 13.2. The molecule has 0 aliphatic heterocycles. The predicted octanol–water partition coefficient (Wildman–Crippen LogP) is 4.08. The number of nitrogens with one attached hydrogen (secondary N) is 1. The molecular formula is C20H31NO2. The molecule has 0 heterocycles. The molecule has 0 spiro atoms. The molecule has 1 aliphatic rings. The number of benzene rings is 1. The molecule has 0 bridgehead atoms. The molecule has 2 N–H and O–H groups in total. The van der Waals surface area contributed by atoms with E-state index in [0.717, 1.165) is 31.2 Å². The van der Waals surface area contributed by atoms with Gasteiger partial charge in [-0.25, -0.2) is 0 Å². The quantitative estimate of drug-likeness (QED) is 0.830. The molecular weight excluding hydrogens is 286 g/mol. The molecule has 2 rings (SSSR count). The number of carbonyl (C=O) groups excluding carboxylic acids is 1. The van der Waals surface area contributed by atoms with Crippen molar-refractivity contribution in [3.63, 3.8) is 0 Å². The van der Waals surface area contributed by atoms with Gasteiger partial charge in [0.05, 0.1) is 6.10 Å². The van der Waals surface area contributed by atoms with Gasteiger partial charge in [0.25, 0.3) is 0 Å². The van der Waals surface area contributed by atoms with Crippen LogP contribution in [-0.2, 0) is 4.79 Å². The Morgan fingerprint density at radius 3 is 2.65 bits per heavy atom. The molecule has 2 unspecified atom stereocenters. The van der Waals surface area contributed by atoms with Crippen molar-refractivity contribution < 1.29 is 9.90 Å². The maximum atomic E-state index is 12.7. The van der Waals surface area contributed by atoms with Gasteiger partial charge in [-0.1, -0.05) is 63.9 Å². The van der Waals surface area contributed by atoms with Crippen LogP contribution in [0.3, 0.4) is 0 Å². The predicted molar refractivity (Wildman–Crippen MR) is 93.9 cm³/mol. The lowest BCUT2D eigenvalue weighted by atomic mass is 9.63. The SMILES string of the molecule is CC(C)CC1(C)CCCCC1C(=O)NC[C@@H](O)c1ccccc1. The van der Waals surface area contributed by atoms with E-state index >= 15 is 0 Å². The third-order valence-corrected chi connectivity index (χ3v) is 5.18. The van der Waals surface area contributed by atoms with E-state index < -0.39 is 6.10 Å². The topological polar surface area (TPSA) is 49.3 Å². The summed E-state index contributed by atoms with van der Waals surface area (Å²) in [5.74, 6) is 0.785. The molecule has 1 fully saturated rings. The minimum Gasteiger partial charge on any atom is -0.387 e. The van der Waals surface area contributed by atoms with E-state index in [4.69, 9.17) is 0 Å². The average Bonchev–Trinajstić information content (AvgIpc) is 2.52. The third kappa shape index (κ3) is 4.81. The summed E-state index contributed by atoms with van der Waals surface area (Å²) in [6, 6.07) is 9.51. The van der Waals surface area contributed by atoms with E-state index in [1.54, 1.807) is 0 Å². The standard InChI is InChI=1S/C20H31NO2/c1-15(2)13-20(3)12-8-7-11-17(20)19(23)21-14-18(22)16-9-5-4-6-10-16/h4-6,9-10,15,17-18,22H,7-8,11-14H2,1-3H3,(H,21,23)/t17?,18-,20?/m1/s1. The van der Waals surface area contributed by atoms with Crippen LogP contribution in [0.2, 0.25) is 0 Å². The number of aliphatic hydroxyl groups excluding tert-OH is 1. The van der Waals surface area contributed by atoms with E-state index in [2.05, 4.69) is 26.1 Å². The first-order chi connectivity index (χ1) is 10.9. The monoisotopic (exact) mass is 317 g/mol. The minimum atomic E-state index is -0.639. The fraction of sp³-hybridized carbons (Fsp3) is 0.650. The molecule has 0 radical (unpaired) electrons. The zero-order valence-corrected chi connectivity index (χ0v) is 14.7. The second kappa shape index (κ2) is 7.96. The maximum Gasteiger partial charge on any atom is 0.223 e. The second-order valence-electron chi connectivity index (χ2n) is 7.72. The number of hydrogen-bond donors (Lipinski definition) is 2. The van der Waals surface area contributed by atoms with Crippen molar-refractivity contribution in [1.29, 1.82) is 0 Å². The van der Waals surface area contributed by atoms with Crippen LogP contribution < -0.4 is 5.32 Å². The van der Waals surface area contributed by atoms with E-state index in [9.17, 15) is 9.90 Å². The highest BCUT2D eigenvalue weighted by molar-refractivity contribution is 5.79. The lowest BCUT2D eigenvalue weighted by molar-refractivity contribution is -0.131. The molecule has 0 aromatic heterocycles. The zero-order valence-electron chi connectivity index (χ0n) is 14.7. The number of rotatable bonds is 6. The highest BCUT2D eigenvalue weighted by atomic mass is 16.3. The Labute approximate surface area is 140 Å². The Morgan fingerprint density at radius 1 is 1.30 bits per heavy atom. The Morgan fingerprint density at radius 2 is 2.00 bits per heavy atom. The van der Waals surface area contributed by atoms with Crippen molar-refractivity contribution in [2.45, 2.75) is 59.0 Å². The van der Waals surface area contributed by atoms with Gasteiger partial charge in [-0.2, -0.15) is 0 Å². The smallest absolute Gasteiger partial charge is 0.223 e. The first-order valence-electron chi connectivity index (χ1n) is 8.93. The van der Waals surface area contributed by atoms with Crippen molar-refractivity contribution in [2.75, 3.05) is 6.54 Å². The molecule has 1 amide bonds. The van der Waals surface area contributed by atoms with Crippen LogP contribution in [0.5, 0.6) is 0 Å². The number of amides is 1. The first kappa shape index (κ1) is 18.0. The van der Waals surface area contributed by atoms with Gasteiger partial charge in [-0.15, -0.1) is 0 Å². The van der Waals surface area contributed by atoms with Gasteiger partial charge in [0, 0.05) is 12.5 Å². The lowest BCUT2D eigenvalue weighted by Crippen LogP contribution is -2.44. The van der Waals surface area contributed by atoms with Crippen molar-refractivity contribution in [3.05, 3.63) is 35.9 Å². The number of aliphatic hydroxyl groups is 1. The van der Waals surface area contributed by atoms with Crippen molar-refractivity contribution in [3.8, 4) is 0 Å². The highest BCUT2D eigenvalue weighted by Crippen LogP contribution is 2.45. The maximum absolute atomic E-state index is 12.7. The Bertz CT molecular complexity index is 500. The van der Waals surface area contributed by atoms with Crippen molar-refractivity contribution >= 4 is 5.91 Å². The summed E-state index contributed by atoms with van der Waals surface area (Å²) in [5.41, 5.74) is 0.940. The van der Waals surface area contributed by atoms with Gasteiger partial charge in [-0.05, 0) is 36.2 Å². The molecule has 23 heavy (non-hydrogen) atoms. The van der Waals surface area contributed by atoms with Crippen molar-refractivity contribution in [1.82, 2.24) is 5.32 Å². The van der Waals surface area contributed by atoms with Crippen LogP contribution in [0.15, 0.2) is 30.3 Å². The van der Waals surface area contributed by atoms with Gasteiger partial charge in [-0.3, -0.25) is 4.79 Å². The van der Waals surface area contributed by atoms with Crippen LogP contribution in [-0.4, -0.2) is 17.6 Å². The molecule has 0 saturated heterocycles. The fourth-order valence-corrected chi connectivity index (χ4v) is 4.14. The Kier molecular flexibility index (Phi) is 6.23. The summed E-state index contributed by atoms with van der Waals surface area (Å²) >= 11 is 0. The van der Waals surface area contributed by atoms with E-state index in [1.165, 1.54) is 6.42 Å². The van der Waals surface area contributed by atoms with E-state index in [1.807, 2.05) is 30.3 Å². The number of carbonyl (C=O) groups is 1. The van der Waals surface area contributed by atoms with Gasteiger partial charge in [0.15, 0.2) is 0 Å². The summed E-state index contributed by atoms with van der Waals surface area (Å²) in [6.45, 7) is 7.02. The minimum absolute atomic E-state index is 0.0709.